The first-order valence-corrected chi connectivity index (χ1v) is 7.20. The van der Waals surface area contributed by atoms with E-state index in [1.54, 1.807) is 30.3 Å². The minimum Gasteiger partial charge on any atom is -0.478 e. The van der Waals surface area contributed by atoms with Crippen molar-refractivity contribution in [2.75, 3.05) is 6.54 Å². The van der Waals surface area contributed by atoms with Gasteiger partial charge in [-0.15, -0.1) is 0 Å². The Hall–Kier alpha value is -2.62. The van der Waals surface area contributed by atoms with E-state index < -0.39 is 5.97 Å². The molecular formula is C18H19NO3. The molecule has 0 aliphatic carbocycles. The third kappa shape index (κ3) is 3.73. The number of carbonyl (C=O) groups excluding carboxylic acids is 1. The molecule has 0 aliphatic heterocycles. The van der Waals surface area contributed by atoms with Crippen LogP contribution in [0.25, 0.3) is 11.1 Å². The van der Waals surface area contributed by atoms with Gasteiger partial charge in [0.1, 0.15) is 0 Å². The highest BCUT2D eigenvalue weighted by molar-refractivity contribution is 6.01. The van der Waals surface area contributed by atoms with Gasteiger partial charge in [0, 0.05) is 12.1 Å². The normalized spacial score (nSPS) is 10.5. The molecule has 0 aromatic heterocycles. The van der Waals surface area contributed by atoms with Crippen LogP contribution in [0.5, 0.6) is 0 Å². The van der Waals surface area contributed by atoms with Crippen molar-refractivity contribution in [1.29, 1.82) is 0 Å². The van der Waals surface area contributed by atoms with Crippen molar-refractivity contribution in [3.8, 4) is 11.1 Å². The Morgan fingerprint density at radius 3 is 2.50 bits per heavy atom. The molecule has 2 aromatic rings. The summed E-state index contributed by atoms with van der Waals surface area (Å²) in [5.74, 6) is -0.764. The molecule has 0 atom stereocenters. The van der Waals surface area contributed by atoms with Gasteiger partial charge in [0.15, 0.2) is 0 Å². The predicted molar refractivity (Wildman–Crippen MR) is 86.0 cm³/mol. The summed E-state index contributed by atoms with van der Waals surface area (Å²) in [7, 11) is 0. The lowest BCUT2D eigenvalue weighted by atomic mass is 9.97. The van der Waals surface area contributed by atoms with E-state index in [2.05, 4.69) is 5.32 Å². The van der Waals surface area contributed by atoms with Crippen LogP contribution in [0.2, 0.25) is 0 Å². The van der Waals surface area contributed by atoms with Gasteiger partial charge in [-0.25, -0.2) is 4.79 Å². The molecular weight excluding hydrogens is 278 g/mol. The summed E-state index contributed by atoms with van der Waals surface area (Å²) >= 11 is 0. The van der Waals surface area contributed by atoms with E-state index in [1.807, 2.05) is 26.0 Å². The van der Waals surface area contributed by atoms with Crippen LogP contribution in [-0.2, 0) is 0 Å². The van der Waals surface area contributed by atoms with Gasteiger partial charge < -0.3 is 10.4 Å². The second-order valence-corrected chi connectivity index (χ2v) is 5.54. The molecule has 0 bridgehead atoms. The first kappa shape index (κ1) is 15.8. The fourth-order valence-electron chi connectivity index (χ4n) is 2.14. The molecule has 0 saturated carbocycles. The molecule has 0 heterocycles. The maximum Gasteiger partial charge on any atom is 0.335 e. The molecule has 4 heteroatoms. The van der Waals surface area contributed by atoms with Crippen molar-refractivity contribution in [2.45, 2.75) is 13.8 Å². The maximum atomic E-state index is 12.3. The summed E-state index contributed by atoms with van der Waals surface area (Å²) in [5, 5.41) is 12.0. The zero-order valence-corrected chi connectivity index (χ0v) is 12.7. The highest BCUT2D eigenvalue weighted by atomic mass is 16.4. The Morgan fingerprint density at radius 2 is 1.82 bits per heavy atom. The number of hydrogen-bond acceptors (Lipinski definition) is 2. The number of amides is 1. The first-order chi connectivity index (χ1) is 10.5. The van der Waals surface area contributed by atoms with Crippen molar-refractivity contribution in [3.05, 3.63) is 59.7 Å². The van der Waals surface area contributed by atoms with Crippen molar-refractivity contribution >= 4 is 11.9 Å². The zero-order chi connectivity index (χ0) is 16.1. The summed E-state index contributed by atoms with van der Waals surface area (Å²) in [5.41, 5.74) is 2.20. The van der Waals surface area contributed by atoms with Crippen LogP contribution < -0.4 is 5.32 Å². The molecule has 22 heavy (non-hydrogen) atoms. The third-order valence-electron chi connectivity index (χ3n) is 3.26. The largest absolute Gasteiger partial charge is 0.478 e. The van der Waals surface area contributed by atoms with E-state index in [1.165, 1.54) is 6.07 Å². The molecule has 2 aromatic carbocycles. The van der Waals surface area contributed by atoms with Gasteiger partial charge >= 0.3 is 5.97 Å². The summed E-state index contributed by atoms with van der Waals surface area (Å²) in [6, 6.07) is 13.8. The van der Waals surface area contributed by atoms with Gasteiger partial charge in [0.25, 0.3) is 5.91 Å². The number of benzene rings is 2. The van der Waals surface area contributed by atoms with Crippen molar-refractivity contribution in [1.82, 2.24) is 5.32 Å². The number of rotatable bonds is 5. The van der Waals surface area contributed by atoms with Crippen LogP contribution in [0.3, 0.4) is 0 Å². The quantitative estimate of drug-likeness (QED) is 0.888. The average molecular weight is 297 g/mol. The lowest BCUT2D eigenvalue weighted by molar-refractivity contribution is 0.0696. The van der Waals surface area contributed by atoms with E-state index in [4.69, 9.17) is 5.11 Å². The molecule has 4 nitrogen and oxygen atoms in total. The van der Waals surface area contributed by atoms with Gasteiger partial charge in [-0.1, -0.05) is 44.2 Å². The molecule has 0 saturated heterocycles. The second-order valence-electron chi connectivity index (χ2n) is 5.54. The highest BCUT2D eigenvalue weighted by Gasteiger charge is 2.13. The third-order valence-corrected chi connectivity index (χ3v) is 3.26. The minimum atomic E-state index is -0.983. The molecule has 1 amide bonds. The van der Waals surface area contributed by atoms with E-state index >= 15 is 0 Å². The fourth-order valence-corrected chi connectivity index (χ4v) is 2.14. The lowest BCUT2D eigenvalue weighted by Crippen LogP contribution is -2.27. The van der Waals surface area contributed by atoms with Crippen LogP contribution in [0, 0.1) is 5.92 Å². The number of hydrogen-bond donors (Lipinski definition) is 2. The van der Waals surface area contributed by atoms with Gasteiger partial charge in [-0.2, -0.15) is 0 Å². The number of nitrogens with one attached hydrogen (secondary N) is 1. The highest BCUT2D eigenvalue weighted by Crippen LogP contribution is 2.24. The fraction of sp³-hybridized carbons (Fsp3) is 0.222. The van der Waals surface area contributed by atoms with Gasteiger partial charge in [0.05, 0.1) is 5.56 Å². The minimum absolute atomic E-state index is 0.148. The SMILES string of the molecule is CC(C)CNC(=O)c1ccccc1-c1cccc(C(=O)O)c1. The molecule has 114 valence electrons. The Kier molecular flexibility index (Phi) is 4.94. The van der Waals surface area contributed by atoms with Crippen molar-refractivity contribution < 1.29 is 14.7 Å². The first-order valence-electron chi connectivity index (χ1n) is 7.20. The van der Waals surface area contributed by atoms with E-state index in [0.717, 1.165) is 11.1 Å². The van der Waals surface area contributed by atoms with Gasteiger partial charge in [-0.05, 0) is 35.2 Å². The standard InChI is InChI=1S/C18H19NO3/c1-12(2)11-19-17(20)16-9-4-3-8-15(16)13-6-5-7-14(10-13)18(21)22/h3-10,12H,11H2,1-2H3,(H,19,20)(H,21,22). The number of carboxylic acids is 1. The van der Waals surface area contributed by atoms with E-state index in [-0.39, 0.29) is 11.5 Å². The zero-order valence-electron chi connectivity index (χ0n) is 12.7. The van der Waals surface area contributed by atoms with E-state index in [0.29, 0.717) is 18.0 Å². The molecule has 2 rings (SSSR count). The summed E-state index contributed by atoms with van der Waals surface area (Å²) in [6.45, 7) is 4.66. The van der Waals surface area contributed by atoms with Crippen molar-refractivity contribution in [2.24, 2.45) is 5.92 Å². The Bertz CT molecular complexity index is 692. The van der Waals surface area contributed by atoms with Gasteiger partial charge in [0.2, 0.25) is 0 Å². The number of carboxylic acid groups (broad SMARTS) is 1. The Labute approximate surface area is 129 Å². The molecule has 2 N–H and O–H groups in total. The van der Waals surface area contributed by atoms with E-state index in [9.17, 15) is 9.59 Å². The smallest absolute Gasteiger partial charge is 0.335 e. The Balaban J connectivity index is 2.38. The summed E-state index contributed by atoms with van der Waals surface area (Å²) in [6.07, 6.45) is 0. The number of aromatic carboxylic acids is 1. The van der Waals surface area contributed by atoms with Crippen LogP contribution in [0.15, 0.2) is 48.5 Å². The summed E-state index contributed by atoms with van der Waals surface area (Å²) < 4.78 is 0. The topological polar surface area (TPSA) is 66.4 Å². The average Bonchev–Trinajstić information content (AvgIpc) is 2.52. The van der Waals surface area contributed by atoms with Crippen LogP contribution in [0.1, 0.15) is 34.6 Å². The van der Waals surface area contributed by atoms with Gasteiger partial charge in [-0.3, -0.25) is 4.79 Å². The Morgan fingerprint density at radius 1 is 1.09 bits per heavy atom. The molecule has 0 aliphatic rings. The number of carbonyl (C=O) groups is 2. The molecule has 0 radical (unpaired) electrons. The maximum absolute atomic E-state index is 12.3. The van der Waals surface area contributed by atoms with Crippen LogP contribution in [-0.4, -0.2) is 23.5 Å². The second kappa shape index (κ2) is 6.89. The van der Waals surface area contributed by atoms with Crippen LogP contribution >= 0.6 is 0 Å². The van der Waals surface area contributed by atoms with Crippen LogP contribution in [0.4, 0.5) is 0 Å². The molecule has 0 spiro atoms. The van der Waals surface area contributed by atoms with Crippen molar-refractivity contribution in [3.63, 3.8) is 0 Å². The monoisotopic (exact) mass is 297 g/mol. The predicted octanol–water partition coefficient (Wildman–Crippen LogP) is 3.44. The summed E-state index contributed by atoms with van der Waals surface area (Å²) in [4.78, 5) is 23.4. The molecule has 0 unspecified atom stereocenters. The lowest BCUT2D eigenvalue weighted by Gasteiger charge is -2.12. The molecule has 0 fully saturated rings.